The minimum Gasteiger partial charge on any atom is -0.352 e. The number of halogens is 3. The zero-order valence-electron chi connectivity index (χ0n) is 18.4. The molecule has 2 saturated carbocycles. The van der Waals surface area contributed by atoms with Gasteiger partial charge in [-0.1, -0.05) is 0 Å². The summed E-state index contributed by atoms with van der Waals surface area (Å²) in [6.07, 6.45) is 1.17. The Labute approximate surface area is 199 Å². The van der Waals surface area contributed by atoms with E-state index in [0.29, 0.717) is 48.4 Å². The fourth-order valence-electron chi connectivity index (χ4n) is 4.39. The summed E-state index contributed by atoms with van der Waals surface area (Å²) < 4.78 is 39.2. The second kappa shape index (κ2) is 8.83. The summed E-state index contributed by atoms with van der Waals surface area (Å²) in [5, 5.41) is 6.48. The quantitative estimate of drug-likeness (QED) is 0.540. The van der Waals surface area contributed by atoms with Crippen molar-refractivity contribution in [3.63, 3.8) is 0 Å². The molecule has 0 saturated heterocycles. The van der Waals surface area contributed by atoms with Crippen LogP contribution in [0.15, 0.2) is 10.9 Å². The first-order chi connectivity index (χ1) is 16.2. The molecule has 1 unspecified atom stereocenters. The molecule has 0 spiro atoms. The van der Waals surface area contributed by atoms with Crippen molar-refractivity contribution in [3.05, 3.63) is 43.9 Å². The van der Waals surface area contributed by atoms with Crippen LogP contribution in [-0.2, 0) is 30.2 Å². The molecule has 2 heterocycles. The van der Waals surface area contributed by atoms with Gasteiger partial charge in [-0.15, -0.1) is 11.3 Å². The summed E-state index contributed by atoms with van der Waals surface area (Å²) in [5.74, 6) is 0.109. The van der Waals surface area contributed by atoms with E-state index in [9.17, 15) is 27.6 Å². The molecule has 3 aliphatic carbocycles. The Morgan fingerprint density at radius 3 is 2.62 bits per heavy atom. The third-order valence-electron chi connectivity index (χ3n) is 6.59. The molecule has 7 nitrogen and oxygen atoms in total. The number of hydrogen-bond donors (Lipinski definition) is 3. The van der Waals surface area contributed by atoms with Crippen molar-refractivity contribution in [1.29, 1.82) is 0 Å². The van der Waals surface area contributed by atoms with E-state index in [-0.39, 0.29) is 37.3 Å². The summed E-state index contributed by atoms with van der Waals surface area (Å²) in [6, 6.07) is 0.457. The van der Waals surface area contributed by atoms with Crippen LogP contribution in [0.4, 0.5) is 18.2 Å². The predicted octanol–water partition coefficient (Wildman–Crippen LogP) is 3.93. The molecular weight excluding hydrogens is 469 g/mol. The molecule has 0 bridgehead atoms. The van der Waals surface area contributed by atoms with Gasteiger partial charge in [-0.2, -0.15) is 13.2 Å². The number of fused-ring (bicyclic) bond motifs is 1. The number of aromatic amines is 1. The van der Waals surface area contributed by atoms with Crippen LogP contribution in [0.2, 0.25) is 0 Å². The third-order valence-corrected chi connectivity index (χ3v) is 7.79. The van der Waals surface area contributed by atoms with Crippen molar-refractivity contribution >= 4 is 28.2 Å². The van der Waals surface area contributed by atoms with Gasteiger partial charge >= 0.3 is 6.18 Å². The fraction of sp³-hybridized carbons (Fsp3) is 0.565. The van der Waals surface area contributed by atoms with E-state index in [1.165, 1.54) is 11.3 Å². The van der Waals surface area contributed by atoms with Crippen molar-refractivity contribution in [3.8, 4) is 0 Å². The van der Waals surface area contributed by atoms with Crippen LogP contribution < -0.4 is 16.2 Å². The van der Waals surface area contributed by atoms with Crippen LogP contribution in [0.5, 0.6) is 0 Å². The van der Waals surface area contributed by atoms with Crippen molar-refractivity contribution in [2.45, 2.75) is 57.5 Å². The maximum absolute atomic E-state index is 13.1. The summed E-state index contributed by atoms with van der Waals surface area (Å²) in [5.41, 5.74) is -0.724. The SMILES string of the molecule is O=C(NCC1CC1)c1c(NC(=O)C2CC2)sc2c1CC(Cc1nc(C(F)(F)F)cc(=O)[nH]1)CC2.[HH]. The Bertz CT molecular complexity index is 1190. The van der Waals surface area contributed by atoms with E-state index in [1.807, 2.05) is 0 Å². The maximum Gasteiger partial charge on any atom is 0.433 e. The number of alkyl halides is 3. The lowest BCUT2D eigenvalue weighted by atomic mass is 9.84. The fourth-order valence-corrected chi connectivity index (χ4v) is 5.63. The first kappa shape index (κ1) is 23.1. The smallest absolute Gasteiger partial charge is 0.352 e. The van der Waals surface area contributed by atoms with Crippen molar-refractivity contribution in [2.24, 2.45) is 17.8 Å². The van der Waals surface area contributed by atoms with Crippen LogP contribution in [0.3, 0.4) is 0 Å². The van der Waals surface area contributed by atoms with E-state index in [4.69, 9.17) is 0 Å². The highest BCUT2D eigenvalue weighted by Crippen LogP contribution is 2.42. The molecule has 0 aliphatic heterocycles. The molecule has 0 radical (unpaired) electrons. The average molecular weight is 497 g/mol. The summed E-state index contributed by atoms with van der Waals surface area (Å²) in [6.45, 7) is 0.596. The zero-order chi connectivity index (χ0) is 24.0. The molecule has 2 amide bonds. The molecule has 3 N–H and O–H groups in total. The van der Waals surface area contributed by atoms with Crippen LogP contribution >= 0.6 is 11.3 Å². The standard InChI is InChI=1S/C23H25F3N4O3S.H2/c24-23(25,26)16-9-18(31)29-17(28-16)8-12-3-6-15-14(7-12)19(21(33)27-10-11-1-2-11)22(34-15)30-20(32)13-4-5-13;/h9,11-13H,1-8,10H2,(H,27,33)(H,30,32)(H,28,29,31);1H. The highest BCUT2D eigenvalue weighted by Gasteiger charge is 2.36. The number of thiophene rings is 1. The molecule has 11 heteroatoms. The first-order valence-electron chi connectivity index (χ1n) is 11.6. The maximum atomic E-state index is 13.1. The summed E-state index contributed by atoms with van der Waals surface area (Å²) >= 11 is 1.42. The summed E-state index contributed by atoms with van der Waals surface area (Å²) in [7, 11) is 0. The van der Waals surface area contributed by atoms with Crippen molar-refractivity contribution < 1.29 is 24.2 Å². The highest BCUT2D eigenvalue weighted by molar-refractivity contribution is 7.17. The molecule has 34 heavy (non-hydrogen) atoms. The topological polar surface area (TPSA) is 104 Å². The lowest BCUT2D eigenvalue weighted by molar-refractivity contribution is -0.141. The van der Waals surface area contributed by atoms with Gasteiger partial charge in [-0.25, -0.2) is 4.98 Å². The number of aromatic nitrogens is 2. The number of rotatable bonds is 7. The largest absolute Gasteiger partial charge is 0.433 e. The molecule has 2 aromatic heterocycles. The number of aryl methyl sites for hydroxylation is 1. The molecule has 184 valence electrons. The number of hydrogen-bond acceptors (Lipinski definition) is 5. The van der Waals surface area contributed by atoms with Crippen LogP contribution in [0, 0.1) is 17.8 Å². The van der Waals surface area contributed by atoms with Crippen molar-refractivity contribution in [2.75, 3.05) is 11.9 Å². The predicted molar refractivity (Wildman–Crippen MR) is 122 cm³/mol. The number of nitrogens with zero attached hydrogens (tertiary/aromatic N) is 1. The Balaban J connectivity index is 0.00000289. The minimum atomic E-state index is -4.70. The molecule has 2 fully saturated rings. The lowest BCUT2D eigenvalue weighted by Gasteiger charge is -2.23. The van der Waals surface area contributed by atoms with Gasteiger partial charge < -0.3 is 15.6 Å². The second-order valence-electron chi connectivity index (χ2n) is 9.51. The molecule has 0 aromatic carbocycles. The van der Waals surface area contributed by atoms with Crippen LogP contribution in [0.1, 0.15) is 65.8 Å². The number of H-pyrrole nitrogens is 1. The van der Waals surface area contributed by atoms with Gasteiger partial charge in [0.1, 0.15) is 10.8 Å². The molecule has 2 aromatic rings. The first-order valence-corrected chi connectivity index (χ1v) is 12.4. The number of anilines is 1. The number of nitrogens with one attached hydrogen (secondary N) is 3. The Kier molecular flexibility index (Phi) is 5.99. The monoisotopic (exact) mass is 496 g/mol. The molecule has 3 aliphatic rings. The van der Waals surface area contributed by atoms with Gasteiger partial charge in [0.15, 0.2) is 5.69 Å². The van der Waals surface area contributed by atoms with E-state index < -0.39 is 17.4 Å². The number of carbonyl (C=O) groups is 2. The Morgan fingerprint density at radius 1 is 1.18 bits per heavy atom. The zero-order valence-corrected chi connectivity index (χ0v) is 19.2. The van der Waals surface area contributed by atoms with E-state index in [1.54, 1.807) is 0 Å². The number of amides is 2. The van der Waals surface area contributed by atoms with Crippen molar-refractivity contribution in [1.82, 2.24) is 15.3 Å². The van der Waals surface area contributed by atoms with Gasteiger partial charge in [0, 0.05) is 31.3 Å². The molecule has 1 atom stereocenters. The van der Waals surface area contributed by atoms with E-state index in [2.05, 4.69) is 20.6 Å². The Morgan fingerprint density at radius 2 is 1.94 bits per heavy atom. The van der Waals surface area contributed by atoms with E-state index >= 15 is 0 Å². The van der Waals surface area contributed by atoms with Crippen LogP contribution in [0.25, 0.3) is 0 Å². The van der Waals surface area contributed by atoms with Gasteiger partial charge in [0.05, 0.1) is 5.56 Å². The highest BCUT2D eigenvalue weighted by atomic mass is 32.1. The third kappa shape index (κ3) is 5.18. The average Bonchev–Trinajstić information content (AvgIpc) is 3.68. The molecule has 5 rings (SSSR count). The van der Waals surface area contributed by atoms with Gasteiger partial charge in [0.25, 0.3) is 11.5 Å². The normalized spacial score (nSPS) is 20.0. The minimum absolute atomic E-state index is 0. The van der Waals surface area contributed by atoms with Gasteiger partial charge in [-0.3, -0.25) is 14.4 Å². The van der Waals surface area contributed by atoms with Gasteiger partial charge in [0.2, 0.25) is 5.91 Å². The van der Waals surface area contributed by atoms with E-state index in [0.717, 1.165) is 36.1 Å². The molecular formula is C23H27F3N4O3S. The lowest BCUT2D eigenvalue weighted by Crippen LogP contribution is -2.29. The van der Waals surface area contributed by atoms with Crippen LogP contribution in [-0.4, -0.2) is 28.3 Å². The van der Waals surface area contributed by atoms with Gasteiger partial charge in [-0.05, 0) is 62.3 Å². The second-order valence-corrected chi connectivity index (χ2v) is 10.6. The summed E-state index contributed by atoms with van der Waals surface area (Å²) in [4.78, 5) is 44.4. The number of carbonyl (C=O) groups excluding carboxylic acids is 2. The Hall–Kier alpha value is -2.69.